The van der Waals surface area contributed by atoms with Crippen LogP contribution in [0.2, 0.25) is 0 Å². The summed E-state index contributed by atoms with van der Waals surface area (Å²) < 4.78 is 0.968. The number of carbonyl (C=O) groups excluding carboxylic acids is 1. The second kappa shape index (κ2) is 5.81. The Kier molecular flexibility index (Phi) is 4.13. The molecule has 0 aliphatic carbocycles. The van der Waals surface area contributed by atoms with Gasteiger partial charge in [0.1, 0.15) is 5.69 Å². The fourth-order valence-corrected chi connectivity index (χ4v) is 2.07. The molecule has 19 heavy (non-hydrogen) atoms. The summed E-state index contributed by atoms with van der Waals surface area (Å²) in [4.78, 5) is 16.1. The van der Waals surface area contributed by atoms with Gasteiger partial charge in [-0.2, -0.15) is 0 Å². The van der Waals surface area contributed by atoms with Crippen LogP contribution >= 0.6 is 15.9 Å². The summed E-state index contributed by atoms with van der Waals surface area (Å²) in [5.41, 5.74) is 5.13. The zero-order chi connectivity index (χ0) is 13.8. The van der Waals surface area contributed by atoms with Crippen LogP contribution in [-0.2, 0) is 0 Å². The van der Waals surface area contributed by atoms with E-state index in [0.29, 0.717) is 11.4 Å². The molecular weight excluding hydrogens is 308 g/mol. The summed E-state index contributed by atoms with van der Waals surface area (Å²) in [6.45, 7) is 1.92. The number of hydrogen-bond acceptors (Lipinski definition) is 4. The minimum absolute atomic E-state index is 0.275. The van der Waals surface area contributed by atoms with Crippen LogP contribution < -0.4 is 16.6 Å². The minimum atomic E-state index is -0.275. The van der Waals surface area contributed by atoms with Gasteiger partial charge in [-0.05, 0) is 42.8 Å². The average molecular weight is 321 g/mol. The summed E-state index contributed by atoms with van der Waals surface area (Å²) in [7, 11) is 0. The third-order valence-corrected chi connectivity index (χ3v) is 3.09. The molecule has 0 radical (unpaired) electrons. The Hall–Kier alpha value is -1.92. The van der Waals surface area contributed by atoms with E-state index in [4.69, 9.17) is 5.84 Å². The molecule has 1 aromatic carbocycles. The van der Waals surface area contributed by atoms with Crippen molar-refractivity contribution >= 4 is 33.2 Å². The van der Waals surface area contributed by atoms with Crippen molar-refractivity contribution in [1.82, 2.24) is 4.98 Å². The highest BCUT2D eigenvalue weighted by atomic mass is 79.9. The number of anilines is 2. The van der Waals surface area contributed by atoms with E-state index in [1.165, 1.54) is 6.20 Å². The maximum Gasteiger partial charge on any atom is 0.274 e. The normalized spacial score (nSPS) is 10.1. The molecule has 6 heteroatoms. The Morgan fingerprint density at radius 3 is 2.79 bits per heavy atom. The maximum absolute atomic E-state index is 12.1. The fourth-order valence-electron chi connectivity index (χ4n) is 1.60. The van der Waals surface area contributed by atoms with Crippen molar-refractivity contribution in [3.8, 4) is 0 Å². The largest absolute Gasteiger partial charge is 0.324 e. The van der Waals surface area contributed by atoms with Gasteiger partial charge in [0.15, 0.2) is 0 Å². The van der Waals surface area contributed by atoms with E-state index in [9.17, 15) is 4.79 Å². The molecule has 0 saturated carbocycles. The molecule has 0 aliphatic rings. The molecule has 0 bridgehead atoms. The van der Waals surface area contributed by atoms with E-state index in [2.05, 4.69) is 31.7 Å². The summed E-state index contributed by atoms with van der Waals surface area (Å²) in [6.07, 6.45) is 1.53. The first-order valence-corrected chi connectivity index (χ1v) is 6.39. The Balaban J connectivity index is 2.20. The van der Waals surface area contributed by atoms with Gasteiger partial charge in [-0.3, -0.25) is 15.6 Å². The van der Waals surface area contributed by atoms with Crippen LogP contribution in [-0.4, -0.2) is 10.9 Å². The van der Waals surface area contributed by atoms with Crippen molar-refractivity contribution in [2.24, 2.45) is 5.84 Å². The Morgan fingerprint density at radius 1 is 1.32 bits per heavy atom. The molecule has 0 spiro atoms. The van der Waals surface area contributed by atoms with Gasteiger partial charge in [-0.1, -0.05) is 15.9 Å². The second-order valence-corrected chi connectivity index (χ2v) is 4.90. The quantitative estimate of drug-likeness (QED) is 0.600. The third kappa shape index (κ3) is 3.30. The molecule has 4 N–H and O–H groups in total. The van der Waals surface area contributed by atoms with Gasteiger partial charge < -0.3 is 10.7 Å². The van der Waals surface area contributed by atoms with Crippen molar-refractivity contribution in [3.05, 3.63) is 52.3 Å². The number of nitrogens with zero attached hydrogens (tertiary/aromatic N) is 1. The zero-order valence-corrected chi connectivity index (χ0v) is 11.9. The van der Waals surface area contributed by atoms with E-state index in [1.54, 1.807) is 12.1 Å². The van der Waals surface area contributed by atoms with E-state index in [-0.39, 0.29) is 5.91 Å². The number of halogens is 1. The van der Waals surface area contributed by atoms with Gasteiger partial charge in [-0.25, -0.2) is 0 Å². The predicted octanol–water partition coefficient (Wildman–Crippen LogP) is 2.69. The highest BCUT2D eigenvalue weighted by Gasteiger charge is 2.09. The maximum atomic E-state index is 12.1. The van der Waals surface area contributed by atoms with E-state index in [0.717, 1.165) is 15.7 Å². The topological polar surface area (TPSA) is 80.0 Å². The molecule has 2 rings (SSSR count). The van der Waals surface area contributed by atoms with Crippen molar-refractivity contribution in [1.29, 1.82) is 0 Å². The minimum Gasteiger partial charge on any atom is -0.324 e. The van der Waals surface area contributed by atoms with Crippen LogP contribution in [0.25, 0.3) is 0 Å². The fraction of sp³-hybridized carbons (Fsp3) is 0.0769. The lowest BCUT2D eigenvalue weighted by Crippen LogP contribution is -2.15. The lowest BCUT2D eigenvalue weighted by Gasteiger charge is -2.09. The first-order chi connectivity index (χ1) is 9.10. The molecule has 1 aromatic heterocycles. The van der Waals surface area contributed by atoms with Crippen LogP contribution in [0.4, 0.5) is 11.4 Å². The van der Waals surface area contributed by atoms with Gasteiger partial charge in [0, 0.05) is 16.4 Å². The molecular formula is C13H13BrN4O. The van der Waals surface area contributed by atoms with Gasteiger partial charge in [-0.15, -0.1) is 0 Å². The number of aromatic nitrogens is 1. The Bertz CT molecular complexity index is 615. The summed E-state index contributed by atoms with van der Waals surface area (Å²) in [6, 6.07) is 8.91. The summed E-state index contributed by atoms with van der Waals surface area (Å²) in [5.74, 6) is 5.02. The van der Waals surface area contributed by atoms with Crippen LogP contribution in [0.5, 0.6) is 0 Å². The molecule has 0 saturated heterocycles. The summed E-state index contributed by atoms with van der Waals surface area (Å²) in [5, 5.41) is 2.81. The van der Waals surface area contributed by atoms with Crippen LogP contribution in [0.1, 0.15) is 16.1 Å². The third-order valence-electron chi connectivity index (χ3n) is 2.60. The second-order valence-electron chi connectivity index (χ2n) is 3.99. The zero-order valence-electron chi connectivity index (χ0n) is 10.3. The number of benzene rings is 1. The molecule has 1 heterocycles. The van der Waals surface area contributed by atoms with E-state index >= 15 is 0 Å². The predicted molar refractivity (Wildman–Crippen MR) is 78.9 cm³/mol. The smallest absolute Gasteiger partial charge is 0.274 e. The molecule has 0 aliphatic heterocycles. The molecule has 0 atom stereocenters. The van der Waals surface area contributed by atoms with E-state index < -0.39 is 0 Å². The first kappa shape index (κ1) is 13.5. The van der Waals surface area contributed by atoms with Crippen molar-refractivity contribution in [2.45, 2.75) is 6.92 Å². The standard InChI is InChI=1S/C13H13BrN4O/c1-8-6-9(14)2-3-11(8)17-13(19)12-7-10(18-15)4-5-16-12/h2-7H,15H2,1H3,(H,16,18)(H,17,19). The van der Waals surface area contributed by atoms with E-state index in [1.807, 2.05) is 25.1 Å². The highest BCUT2D eigenvalue weighted by molar-refractivity contribution is 9.10. The highest BCUT2D eigenvalue weighted by Crippen LogP contribution is 2.20. The van der Waals surface area contributed by atoms with Gasteiger partial charge in [0.05, 0.1) is 5.69 Å². The number of rotatable bonds is 3. The van der Waals surface area contributed by atoms with Crippen LogP contribution in [0.3, 0.4) is 0 Å². The first-order valence-electron chi connectivity index (χ1n) is 5.60. The molecule has 98 valence electrons. The van der Waals surface area contributed by atoms with Crippen molar-refractivity contribution in [2.75, 3.05) is 10.7 Å². The summed E-state index contributed by atoms with van der Waals surface area (Å²) >= 11 is 3.38. The molecule has 0 unspecified atom stereocenters. The number of hydrogen-bond donors (Lipinski definition) is 3. The van der Waals surface area contributed by atoms with Gasteiger partial charge in [0.2, 0.25) is 0 Å². The number of pyridine rings is 1. The number of nitrogens with one attached hydrogen (secondary N) is 2. The number of nitrogen functional groups attached to an aromatic ring is 1. The van der Waals surface area contributed by atoms with Crippen LogP contribution in [0.15, 0.2) is 41.0 Å². The molecule has 0 fully saturated rings. The number of carbonyl (C=O) groups is 1. The van der Waals surface area contributed by atoms with Crippen molar-refractivity contribution < 1.29 is 4.79 Å². The Morgan fingerprint density at radius 2 is 2.11 bits per heavy atom. The average Bonchev–Trinajstić information content (AvgIpc) is 2.42. The molecule has 2 aromatic rings. The SMILES string of the molecule is Cc1cc(Br)ccc1NC(=O)c1cc(NN)ccn1. The molecule has 5 nitrogen and oxygen atoms in total. The number of nitrogens with two attached hydrogens (primary N) is 1. The number of hydrazine groups is 1. The lowest BCUT2D eigenvalue weighted by atomic mass is 10.2. The van der Waals surface area contributed by atoms with Crippen molar-refractivity contribution in [3.63, 3.8) is 0 Å². The number of amides is 1. The molecule has 1 amide bonds. The Labute approximate surface area is 119 Å². The van der Waals surface area contributed by atoms with Gasteiger partial charge >= 0.3 is 0 Å². The lowest BCUT2D eigenvalue weighted by molar-refractivity contribution is 0.102. The van der Waals surface area contributed by atoms with Gasteiger partial charge in [0.25, 0.3) is 5.91 Å². The van der Waals surface area contributed by atoms with Crippen LogP contribution in [0, 0.1) is 6.92 Å². The number of aryl methyl sites for hydroxylation is 1. The monoisotopic (exact) mass is 320 g/mol.